The summed E-state index contributed by atoms with van der Waals surface area (Å²) in [5.41, 5.74) is 8.39. The van der Waals surface area contributed by atoms with Crippen LogP contribution in [-0.4, -0.2) is 27.8 Å². The molecule has 0 atom stereocenters. The molecule has 0 aromatic heterocycles. The minimum Gasteiger partial charge on any atom is -0.450 e. The molecule has 35 heavy (non-hydrogen) atoms. The molecule has 5 heteroatoms. The normalized spacial score (nSPS) is 14.4. The number of hydrogen-bond donors (Lipinski definition) is 1. The van der Waals surface area contributed by atoms with Crippen molar-refractivity contribution in [2.24, 2.45) is 0 Å². The molecule has 1 aliphatic carbocycles. The molecule has 0 unspecified atom stereocenters. The number of amides is 1. The summed E-state index contributed by atoms with van der Waals surface area (Å²) in [5.74, 6) is 0. The van der Waals surface area contributed by atoms with Crippen molar-refractivity contribution in [2.45, 2.75) is 19.0 Å². The molecule has 4 aromatic rings. The molecule has 4 aromatic carbocycles. The molecule has 1 aliphatic heterocycles. The van der Waals surface area contributed by atoms with Crippen molar-refractivity contribution in [1.29, 1.82) is 0 Å². The van der Waals surface area contributed by atoms with Gasteiger partial charge in [0.15, 0.2) is 0 Å². The summed E-state index contributed by atoms with van der Waals surface area (Å²) in [7, 11) is 0.0542. The van der Waals surface area contributed by atoms with Gasteiger partial charge >= 0.3 is 6.09 Å². The number of carbonyl (C=O) groups is 1. The summed E-state index contributed by atoms with van der Waals surface area (Å²) in [6.45, 7) is 2.77. The van der Waals surface area contributed by atoms with E-state index in [9.17, 15) is 4.79 Å². The zero-order chi connectivity index (χ0) is 24.0. The van der Waals surface area contributed by atoms with Crippen molar-refractivity contribution in [3.05, 3.63) is 102 Å². The van der Waals surface area contributed by atoms with Crippen LogP contribution in [0.15, 0.2) is 91.0 Å². The maximum atomic E-state index is 12.7. The fourth-order valence-corrected chi connectivity index (χ4v) is 9.63. The predicted octanol–water partition coefficient (Wildman–Crippen LogP) is 5.78. The fourth-order valence-electron chi connectivity index (χ4n) is 5.73. The Balaban J connectivity index is 1.16. The minimum atomic E-state index is -2.08. The number of ether oxygens (including phenoxy) is 1. The van der Waals surface area contributed by atoms with E-state index in [1.54, 1.807) is 0 Å². The number of carbonyl (C=O) groups excluding carboxylic acids is 1. The first-order chi connectivity index (χ1) is 17.0. The number of fused-ring (bicyclic) bond motifs is 5. The highest BCUT2D eigenvalue weighted by Gasteiger charge is 2.40. The molecule has 0 spiro atoms. The highest BCUT2D eigenvalue weighted by Crippen LogP contribution is 2.37. The molecule has 1 heterocycles. The van der Waals surface area contributed by atoms with Crippen LogP contribution >= 0.6 is 0 Å². The van der Waals surface area contributed by atoms with E-state index < -0.39 is 14.2 Å². The molecule has 1 N–H and O–H groups in total. The number of benzene rings is 4. The second kappa shape index (κ2) is 8.43. The quantitative estimate of drug-likeness (QED) is 0.334. The molecule has 174 valence electrons. The van der Waals surface area contributed by atoms with E-state index in [-0.39, 0.29) is 0 Å². The van der Waals surface area contributed by atoms with Crippen molar-refractivity contribution in [3.8, 4) is 11.1 Å². The lowest BCUT2D eigenvalue weighted by Crippen LogP contribution is -2.61. The molecule has 4 nitrogen and oxygen atoms in total. The molecular weight excluding hydrogens is 448 g/mol. The maximum absolute atomic E-state index is 12.7. The summed E-state index contributed by atoms with van der Waals surface area (Å²) in [4.78, 5) is 15.0. The van der Waals surface area contributed by atoms with Crippen LogP contribution in [0, 0.1) is 0 Å². The standard InChI is InChI=1S/C30H28N2O2Si/c1-32-26-11-5-7-13-28(26)35(2,29-14-8-6-12-27(29)32)18-17-34-30(33)31-23-15-16-25-22(20-23)19-21-9-3-4-10-24(21)25/h3-16,20H,17-19H2,1-2H3,(H,31,33). The van der Waals surface area contributed by atoms with Crippen LogP contribution in [0.1, 0.15) is 11.1 Å². The summed E-state index contributed by atoms with van der Waals surface area (Å²) >= 11 is 0. The van der Waals surface area contributed by atoms with Crippen molar-refractivity contribution >= 4 is 41.6 Å². The summed E-state index contributed by atoms with van der Waals surface area (Å²) in [6, 6.07) is 32.7. The summed E-state index contributed by atoms with van der Waals surface area (Å²) in [6.07, 6.45) is 0.500. The molecule has 1 amide bonds. The second-order valence-corrected chi connectivity index (χ2v) is 13.9. The van der Waals surface area contributed by atoms with Gasteiger partial charge in [0, 0.05) is 24.1 Å². The SMILES string of the molecule is CN1c2ccccc2[Si](C)(CCOC(=O)Nc2ccc3c(c2)Cc2ccccc2-3)c2ccccc21. The Bertz CT molecular complexity index is 1400. The van der Waals surface area contributed by atoms with Crippen LogP contribution in [0.25, 0.3) is 11.1 Å². The van der Waals surface area contributed by atoms with Gasteiger partial charge in [-0.05, 0) is 69.4 Å². The van der Waals surface area contributed by atoms with Gasteiger partial charge in [-0.25, -0.2) is 4.79 Å². The van der Waals surface area contributed by atoms with Crippen LogP contribution in [0.5, 0.6) is 0 Å². The second-order valence-electron chi connectivity index (χ2n) is 9.64. The van der Waals surface area contributed by atoms with Crippen LogP contribution in [0.2, 0.25) is 12.6 Å². The molecule has 0 fully saturated rings. The Kier molecular flexibility index (Phi) is 5.22. The molecule has 0 bridgehead atoms. The van der Waals surface area contributed by atoms with E-state index >= 15 is 0 Å². The highest BCUT2D eigenvalue weighted by atomic mass is 28.3. The third-order valence-corrected chi connectivity index (χ3v) is 12.0. The van der Waals surface area contributed by atoms with E-state index in [1.807, 2.05) is 6.07 Å². The van der Waals surface area contributed by atoms with Crippen LogP contribution < -0.4 is 20.6 Å². The summed E-state index contributed by atoms with van der Waals surface area (Å²) in [5, 5.41) is 5.72. The number of nitrogens with one attached hydrogen (secondary N) is 1. The molecule has 6 rings (SSSR count). The fraction of sp³-hybridized carbons (Fsp3) is 0.167. The third kappa shape index (κ3) is 3.63. The van der Waals surface area contributed by atoms with Gasteiger partial charge in [-0.1, -0.05) is 73.3 Å². The molecule has 0 saturated heterocycles. The molecular formula is C30H28N2O2Si. The third-order valence-electron chi connectivity index (χ3n) is 7.60. The Labute approximate surface area is 207 Å². The largest absolute Gasteiger partial charge is 0.450 e. The van der Waals surface area contributed by atoms with E-state index in [2.05, 4.69) is 109 Å². The first-order valence-electron chi connectivity index (χ1n) is 12.1. The van der Waals surface area contributed by atoms with E-state index in [1.165, 1.54) is 44.0 Å². The number of rotatable bonds is 4. The van der Waals surface area contributed by atoms with Crippen molar-refractivity contribution < 1.29 is 9.53 Å². The van der Waals surface area contributed by atoms with Crippen molar-refractivity contribution in [2.75, 3.05) is 23.9 Å². The van der Waals surface area contributed by atoms with Gasteiger partial charge < -0.3 is 9.64 Å². The number of anilines is 3. The average Bonchev–Trinajstić information content (AvgIpc) is 3.25. The van der Waals surface area contributed by atoms with Crippen LogP contribution in [-0.2, 0) is 11.2 Å². The van der Waals surface area contributed by atoms with E-state index in [4.69, 9.17) is 4.74 Å². The highest BCUT2D eigenvalue weighted by molar-refractivity contribution is 7.03. The van der Waals surface area contributed by atoms with Crippen LogP contribution in [0.4, 0.5) is 21.9 Å². The zero-order valence-corrected chi connectivity index (χ0v) is 21.0. The van der Waals surface area contributed by atoms with Gasteiger partial charge in [-0.15, -0.1) is 0 Å². The van der Waals surface area contributed by atoms with Gasteiger partial charge in [0.05, 0.1) is 6.61 Å². The zero-order valence-electron chi connectivity index (χ0n) is 20.0. The number of nitrogens with zero attached hydrogens (tertiary/aromatic N) is 1. The summed E-state index contributed by atoms with van der Waals surface area (Å²) < 4.78 is 5.72. The molecule has 2 aliphatic rings. The Morgan fingerprint density at radius 1 is 0.857 bits per heavy atom. The van der Waals surface area contributed by atoms with Crippen molar-refractivity contribution in [1.82, 2.24) is 0 Å². The van der Waals surface area contributed by atoms with Gasteiger partial charge in [0.25, 0.3) is 0 Å². The van der Waals surface area contributed by atoms with Gasteiger partial charge in [-0.2, -0.15) is 0 Å². The Morgan fingerprint density at radius 3 is 2.23 bits per heavy atom. The minimum absolute atomic E-state index is 0.386. The topological polar surface area (TPSA) is 41.6 Å². The van der Waals surface area contributed by atoms with Gasteiger partial charge in [-0.3, -0.25) is 5.32 Å². The monoisotopic (exact) mass is 476 g/mol. The Hall–Kier alpha value is -3.83. The number of hydrogen-bond acceptors (Lipinski definition) is 3. The first-order valence-corrected chi connectivity index (χ1v) is 14.8. The lowest BCUT2D eigenvalue weighted by Gasteiger charge is -2.41. The molecule has 0 saturated carbocycles. The predicted molar refractivity (Wildman–Crippen MR) is 146 cm³/mol. The Morgan fingerprint density at radius 2 is 1.49 bits per heavy atom. The molecule has 0 radical (unpaired) electrons. The maximum Gasteiger partial charge on any atom is 0.411 e. The lowest BCUT2D eigenvalue weighted by molar-refractivity contribution is 0.167. The van der Waals surface area contributed by atoms with Gasteiger partial charge in [0.1, 0.15) is 8.07 Å². The van der Waals surface area contributed by atoms with E-state index in [0.29, 0.717) is 6.61 Å². The first kappa shape index (κ1) is 21.7. The van der Waals surface area contributed by atoms with Crippen LogP contribution in [0.3, 0.4) is 0 Å². The lowest BCUT2D eigenvalue weighted by atomic mass is 10.1. The van der Waals surface area contributed by atoms with Gasteiger partial charge in [0.2, 0.25) is 0 Å². The smallest absolute Gasteiger partial charge is 0.411 e. The van der Waals surface area contributed by atoms with E-state index in [0.717, 1.165) is 18.2 Å². The average molecular weight is 477 g/mol. The van der Waals surface area contributed by atoms with Crippen molar-refractivity contribution in [3.63, 3.8) is 0 Å². The number of para-hydroxylation sites is 2.